The lowest BCUT2D eigenvalue weighted by Crippen LogP contribution is -2.49. The van der Waals surface area contributed by atoms with Crippen molar-refractivity contribution in [1.82, 2.24) is 9.80 Å². The van der Waals surface area contributed by atoms with Crippen LogP contribution in [0.4, 0.5) is 0 Å². The van der Waals surface area contributed by atoms with Crippen molar-refractivity contribution in [3.05, 3.63) is 29.3 Å². The summed E-state index contributed by atoms with van der Waals surface area (Å²) in [7, 11) is 0. The van der Waals surface area contributed by atoms with Gasteiger partial charge in [0.15, 0.2) is 0 Å². The summed E-state index contributed by atoms with van der Waals surface area (Å²) in [6, 6.07) is 7.38. The summed E-state index contributed by atoms with van der Waals surface area (Å²) in [6.45, 7) is 11.8. The summed E-state index contributed by atoms with van der Waals surface area (Å²) >= 11 is 0. The Labute approximate surface area is 152 Å². The van der Waals surface area contributed by atoms with Crippen LogP contribution in [0.5, 0.6) is 5.75 Å². The Morgan fingerprint density at radius 3 is 2.76 bits per heavy atom. The first-order chi connectivity index (χ1) is 12.2. The van der Waals surface area contributed by atoms with Gasteiger partial charge in [-0.15, -0.1) is 0 Å². The van der Waals surface area contributed by atoms with Crippen molar-refractivity contribution >= 4 is 0 Å². The Morgan fingerprint density at radius 2 is 2.00 bits per heavy atom. The highest BCUT2D eigenvalue weighted by Crippen LogP contribution is 2.39. The van der Waals surface area contributed by atoms with Gasteiger partial charge in [0, 0.05) is 32.2 Å². The van der Waals surface area contributed by atoms with Crippen molar-refractivity contribution in [2.24, 2.45) is 0 Å². The van der Waals surface area contributed by atoms with E-state index in [1.807, 2.05) is 0 Å². The molecule has 3 aliphatic heterocycles. The quantitative estimate of drug-likeness (QED) is 0.841. The number of morpholine rings is 1. The molecule has 2 saturated heterocycles. The Morgan fingerprint density at radius 1 is 1.16 bits per heavy atom. The normalized spacial score (nSPS) is 27.0. The standard InChI is InChI=1S/C21H32N2O2/c1-3-22-10-8-21(9-11-22)7-6-19-14-18(4-5-20(19)25-21)15-23-12-13-24-16-17(23)2/h4-5,14,17H,3,6-13,15-16H2,1-2H3. The van der Waals surface area contributed by atoms with Gasteiger partial charge in [0.25, 0.3) is 0 Å². The van der Waals surface area contributed by atoms with Gasteiger partial charge in [-0.3, -0.25) is 4.90 Å². The third-order valence-corrected chi connectivity index (χ3v) is 6.41. The average molecular weight is 344 g/mol. The van der Waals surface area contributed by atoms with E-state index in [1.54, 1.807) is 0 Å². The first-order valence-corrected chi connectivity index (χ1v) is 10.0. The van der Waals surface area contributed by atoms with Gasteiger partial charge >= 0.3 is 0 Å². The van der Waals surface area contributed by atoms with Crippen LogP contribution >= 0.6 is 0 Å². The number of benzene rings is 1. The van der Waals surface area contributed by atoms with Crippen LogP contribution in [0, 0.1) is 0 Å². The number of likely N-dealkylation sites (tertiary alicyclic amines) is 1. The lowest BCUT2D eigenvalue weighted by Gasteiger charge is -2.44. The number of piperidine rings is 1. The van der Waals surface area contributed by atoms with E-state index < -0.39 is 0 Å². The first kappa shape index (κ1) is 17.3. The minimum atomic E-state index is 0.0961. The van der Waals surface area contributed by atoms with Gasteiger partial charge in [-0.2, -0.15) is 0 Å². The summed E-state index contributed by atoms with van der Waals surface area (Å²) in [6.07, 6.45) is 4.68. The maximum Gasteiger partial charge on any atom is 0.123 e. The number of nitrogens with zero attached hydrogens (tertiary/aromatic N) is 2. The van der Waals surface area contributed by atoms with Crippen molar-refractivity contribution in [2.45, 2.75) is 57.7 Å². The van der Waals surface area contributed by atoms with Gasteiger partial charge in [-0.25, -0.2) is 0 Å². The van der Waals surface area contributed by atoms with Crippen LogP contribution in [-0.4, -0.2) is 60.8 Å². The van der Waals surface area contributed by atoms with E-state index in [4.69, 9.17) is 9.47 Å². The van der Waals surface area contributed by atoms with Crippen LogP contribution in [0.2, 0.25) is 0 Å². The zero-order chi connectivity index (χ0) is 17.3. The minimum Gasteiger partial charge on any atom is -0.487 e. The van der Waals surface area contributed by atoms with Crippen molar-refractivity contribution in [3.63, 3.8) is 0 Å². The molecule has 4 rings (SSSR count). The van der Waals surface area contributed by atoms with Crippen molar-refractivity contribution < 1.29 is 9.47 Å². The smallest absolute Gasteiger partial charge is 0.123 e. The van der Waals surface area contributed by atoms with E-state index in [1.165, 1.54) is 43.5 Å². The molecule has 1 spiro atoms. The highest BCUT2D eigenvalue weighted by molar-refractivity contribution is 5.40. The highest BCUT2D eigenvalue weighted by Gasteiger charge is 2.39. The Hall–Kier alpha value is -1.10. The number of hydrogen-bond donors (Lipinski definition) is 0. The van der Waals surface area contributed by atoms with Crippen LogP contribution in [-0.2, 0) is 17.7 Å². The molecule has 138 valence electrons. The molecule has 3 aliphatic rings. The summed E-state index contributed by atoms with van der Waals surface area (Å²) in [5, 5.41) is 0. The zero-order valence-electron chi connectivity index (χ0n) is 15.8. The molecule has 25 heavy (non-hydrogen) atoms. The topological polar surface area (TPSA) is 24.9 Å². The van der Waals surface area contributed by atoms with Crippen LogP contribution in [0.15, 0.2) is 18.2 Å². The number of hydrogen-bond acceptors (Lipinski definition) is 4. The molecule has 0 bridgehead atoms. The van der Waals surface area contributed by atoms with Gasteiger partial charge in [0.2, 0.25) is 0 Å². The zero-order valence-corrected chi connectivity index (χ0v) is 15.8. The molecule has 0 aromatic heterocycles. The van der Waals surface area contributed by atoms with Crippen LogP contribution in [0.25, 0.3) is 0 Å². The second-order valence-electron chi connectivity index (χ2n) is 8.06. The van der Waals surface area contributed by atoms with E-state index in [0.717, 1.165) is 45.0 Å². The summed E-state index contributed by atoms with van der Waals surface area (Å²) in [4.78, 5) is 5.06. The second kappa shape index (κ2) is 7.26. The molecule has 0 N–H and O–H groups in total. The molecule has 4 nitrogen and oxygen atoms in total. The fraction of sp³-hybridized carbons (Fsp3) is 0.714. The summed E-state index contributed by atoms with van der Waals surface area (Å²) < 4.78 is 12.1. The number of ether oxygens (including phenoxy) is 2. The maximum absolute atomic E-state index is 6.56. The number of fused-ring (bicyclic) bond motifs is 1. The van der Waals surface area contributed by atoms with Gasteiger partial charge < -0.3 is 14.4 Å². The third-order valence-electron chi connectivity index (χ3n) is 6.41. The molecule has 0 aliphatic carbocycles. The monoisotopic (exact) mass is 344 g/mol. The molecule has 0 saturated carbocycles. The van der Waals surface area contributed by atoms with E-state index >= 15 is 0 Å². The molecule has 2 fully saturated rings. The fourth-order valence-electron chi connectivity index (χ4n) is 4.53. The van der Waals surface area contributed by atoms with E-state index in [-0.39, 0.29) is 5.60 Å². The van der Waals surface area contributed by atoms with Crippen LogP contribution < -0.4 is 4.74 Å². The van der Waals surface area contributed by atoms with Crippen molar-refractivity contribution in [3.8, 4) is 5.75 Å². The predicted octanol–water partition coefficient (Wildman–Crippen LogP) is 3.09. The number of aryl methyl sites for hydroxylation is 1. The molecule has 0 amide bonds. The van der Waals surface area contributed by atoms with Crippen molar-refractivity contribution in [1.29, 1.82) is 0 Å². The Balaban J connectivity index is 1.43. The second-order valence-corrected chi connectivity index (χ2v) is 8.06. The first-order valence-electron chi connectivity index (χ1n) is 10.0. The molecule has 1 unspecified atom stereocenters. The Bertz CT molecular complexity index is 596. The molecule has 1 atom stereocenters. The number of rotatable bonds is 3. The predicted molar refractivity (Wildman–Crippen MR) is 100 cm³/mol. The van der Waals surface area contributed by atoms with E-state index in [2.05, 4.69) is 41.8 Å². The molecule has 1 aromatic carbocycles. The Kier molecular flexibility index (Phi) is 5.03. The fourth-order valence-corrected chi connectivity index (χ4v) is 4.53. The summed E-state index contributed by atoms with van der Waals surface area (Å²) in [5.41, 5.74) is 2.91. The van der Waals surface area contributed by atoms with Crippen LogP contribution in [0.1, 0.15) is 44.2 Å². The van der Waals surface area contributed by atoms with Gasteiger partial charge in [-0.05, 0) is 56.3 Å². The largest absolute Gasteiger partial charge is 0.487 e. The van der Waals surface area contributed by atoms with Gasteiger partial charge in [0.05, 0.1) is 13.2 Å². The average Bonchev–Trinajstić information content (AvgIpc) is 2.65. The van der Waals surface area contributed by atoms with Crippen molar-refractivity contribution in [2.75, 3.05) is 39.4 Å². The van der Waals surface area contributed by atoms with E-state index in [0.29, 0.717) is 6.04 Å². The lowest BCUT2D eigenvalue weighted by atomic mass is 9.83. The molecule has 4 heteroatoms. The molecule has 3 heterocycles. The minimum absolute atomic E-state index is 0.0961. The molecule has 0 radical (unpaired) electrons. The van der Waals surface area contributed by atoms with Crippen LogP contribution in [0.3, 0.4) is 0 Å². The van der Waals surface area contributed by atoms with Gasteiger partial charge in [0.1, 0.15) is 11.4 Å². The SMILES string of the molecule is CCN1CCC2(CCc3cc(CN4CCOCC4C)ccc3O2)CC1. The molecular weight excluding hydrogens is 312 g/mol. The lowest BCUT2D eigenvalue weighted by molar-refractivity contribution is -0.0135. The summed E-state index contributed by atoms with van der Waals surface area (Å²) in [5.74, 6) is 1.13. The molecule has 1 aromatic rings. The third kappa shape index (κ3) is 3.71. The van der Waals surface area contributed by atoms with E-state index in [9.17, 15) is 0 Å². The molecular formula is C21H32N2O2. The van der Waals surface area contributed by atoms with Gasteiger partial charge in [-0.1, -0.05) is 19.1 Å². The maximum atomic E-state index is 6.56. The highest BCUT2D eigenvalue weighted by atomic mass is 16.5.